The molecule has 14 heavy (non-hydrogen) atoms. The molecule has 1 aromatic rings. The van der Waals surface area contributed by atoms with E-state index in [0.29, 0.717) is 11.6 Å². The molecule has 1 heterocycles. The lowest BCUT2D eigenvalue weighted by Gasteiger charge is -2.11. The number of amides is 1. The summed E-state index contributed by atoms with van der Waals surface area (Å²) in [6.45, 7) is 2.19. The van der Waals surface area contributed by atoms with E-state index in [0.717, 1.165) is 5.69 Å². The van der Waals surface area contributed by atoms with E-state index >= 15 is 0 Å². The Morgan fingerprint density at radius 2 is 2.50 bits per heavy atom. The highest BCUT2D eigenvalue weighted by Gasteiger charge is 2.14. The molecule has 0 saturated carbocycles. The van der Waals surface area contributed by atoms with Crippen LogP contribution in [0.3, 0.4) is 0 Å². The fourth-order valence-corrected chi connectivity index (χ4v) is 1.25. The van der Waals surface area contributed by atoms with Gasteiger partial charge in [0.15, 0.2) is 0 Å². The van der Waals surface area contributed by atoms with Crippen molar-refractivity contribution in [1.82, 2.24) is 15.1 Å². The van der Waals surface area contributed by atoms with Crippen molar-refractivity contribution >= 4 is 17.5 Å². The molecule has 0 bridgehead atoms. The third kappa shape index (κ3) is 2.46. The van der Waals surface area contributed by atoms with Gasteiger partial charge in [0.1, 0.15) is 6.04 Å². The Morgan fingerprint density at radius 1 is 1.86 bits per heavy atom. The van der Waals surface area contributed by atoms with Crippen molar-refractivity contribution < 1.29 is 4.79 Å². The smallest absolute Gasteiger partial charge is 0.236 e. The second-order valence-corrected chi connectivity index (χ2v) is 3.44. The highest BCUT2D eigenvalue weighted by atomic mass is 35.5. The van der Waals surface area contributed by atoms with Gasteiger partial charge in [-0.2, -0.15) is 5.10 Å². The molecule has 0 spiro atoms. The highest BCUT2D eigenvalue weighted by Crippen LogP contribution is 2.11. The predicted molar refractivity (Wildman–Crippen MR) is 54.0 cm³/mol. The molecule has 0 aliphatic heterocycles. The average molecular weight is 217 g/mol. The van der Waals surface area contributed by atoms with E-state index in [2.05, 4.69) is 10.4 Å². The van der Waals surface area contributed by atoms with E-state index in [1.165, 1.54) is 0 Å². The van der Waals surface area contributed by atoms with Crippen molar-refractivity contribution in [3.63, 3.8) is 0 Å². The third-order valence-electron chi connectivity index (χ3n) is 1.95. The number of nitrogens with one attached hydrogen (secondary N) is 1. The predicted octanol–water partition coefficient (Wildman–Crippen LogP) is -0.0818. The van der Waals surface area contributed by atoms with Crippen LogP contribution < -0.4 is 11.1 Å². The maximum atomic E-state index is 10.9. The first kappa shape index (κ1) is 11.0. The number of hydrogen-bond donors (Lipinski definition) is 2. The Morgan fingerprint density at radius 3 is 2.86 bits per heavy atom. The third-order valence-corrected chi connectivity index (χ3v) is 2.32. The molecule has 0 saturated heterocycles. The molecule has 78 valence electrons. The molecule has 3 N–H and O–H groups in total. The fourth-order valence-electron chi connectivity index (χ4n) is 1.10. The van der Waals surface area contributed by atoms with E-state index in [4.69, 9.17) is 17.3 Å². The topological polar surface area (TPSA) is 72.9 Å². The minimum absolute atomic E-state index is 0.388. The molecule has 0 aliphatic rings. The van der Waals surface area contributed by atoms with Crippen molar-refractivity contribution in [2.75, 3.05) is 7.05 Å². The molecule has 5 nitrogen and oxygen atoms in total. The molecular weight excluding hydrogens is 204 g/mol. The zero-order chi connectivity index (χ0) is 10.7. The van der Waals surface area contributed by atoms with Crippen LogP contribution >= 0.6 is 11.6 Å². The van der Waals surface area contributed by atoms with Gasteiger partial charge in [-0.3, -0.25) is 9.48 Å². The maximum absolute atomic E-state index is 10.9. The van der Waals surface area contributed by atoms with Gasteiger partial charge in [-0.05, 0) is 14.0 Å². The minimum Gasteiger partial charge on any atom is -0.368 e. The van der Waals surface area contributed by atoms with Crippen LogP contribution in [0, 0.1) is 6.92 Å². The second kappa shape index (κ2) is 4.43. The standard InChI is InChI=1S/C8H13ClN4O/c1-5-6(9)3-13(12-5)4-7(11-2)8(10)14/h3,7,11H,4H2,1-2H3,(H2,10,14). The molecule has 0 radical (unpaired) electrons. The van der Waals surface area contributed by atoms with Crippen LogP contribution in [0.1, 0.15) is 5.69 Å². The van der Waals surface area contributed by atoms with Gasteiger partial charge >= 0.3 is 0 Å². The Balaban J connectivity index is 2.72. The van der Waals surface area contributed by atoms with E-state index in [-0.39, 0.29) is 0 Å². The number of aromatic nitrogens is 2. The van der Waals surface area contributed by atoms with Crippen molar-refractivity contribution in [3.05, 3.63) is 16.9 Å². The number of likely N-dealkylation sites (N-methyl/N-ethyl adjacent to an activating group) is 1. The summed E-state index contributed by atoms with van der Waals surface area (Å²) >= 11 is 5.82. The summed E-state index contributed by atoms with van der Waals surface area (Å²) in [5.74, 6) is -0.406. The lowest BCUT2D eigenvalue weighted by molar-refractivity contribution is -0.120. The highest BCUT2D eigenvalue weighted by molar-refractivity contribution is 6.31. The van der Waals surface area contributed by atoms with Crippen LogP contribution in [-0.4, -0.2) is 28.8 Å². The van der Waals surface area contributed by atoms with Crippen LogP contribution in [-0.2, 0) is 11.3 Å². The van der Waals surface area contributed by atoms with Gasteiger partial charge in [-0.15, -0.1) is 0 Å². The van der Waals surface area contributed by atoms with Crippen LogP contribution in [0.5, 0.6) is 0 Å². The van der Waals surface area contributed by atoms with Gasteiger partial charge in [0.25, 0.3) is 0 Å². The van der Waals surface area contributed by atoms with E-state index in [9.17, 15) is 4.79 Å². The van der Waals surface area contributed by atoms with Crippen LogP contribution in [0.4, 0.5) is 0 Å². The number of halogens is 1. The Hall–Kier alpha value is -1.07. The first-order valence-corrected chi connectivity index (χ1v) is 4.58. The van der Waals surface area contributed by atoms with Gasteiger partial charge in [-0.1, -0.05) is 11.6 Å². The summed E-state index contributed by atoms with van der Waals surface area (Å²) < 4.78 is 1.60. The van der Waals surface area contributed by atoms with Crippen molar-refractivity contribution in [1.29, 1.82) is 0 Å². The zero-order valence-corrected chi connectivity index (χ0v) is 8.88. The van der Waals surface area contributed by atoms with Crippen LogP contribution in [0.25, 0.3) is 0 Å². The molecule has 1 rings (SSSR count). The Bertz CT molecular complexity index is 317. The quantitative estimate of drug-likeness (QED) is 0.740. The monoisotopic (exact) mass is 216 g/mol. The SMILES string of the molecule is CNC(Cn1cc(Cl)c(C)n1)C(N)=O. The number of hydrogen-bond acceptors (Lipinski definition) is 3. The lowest BCUT2D eigenvalue weighted by Crippen LogP contribution is -2.42. The number of carbonyl (C=O) groups is 1. The van der Waals surface area contributed by atoms with Gasteiger partial charge < -0.3 is 11.1 Å². The minimum atomic E-state index is -0.426. The zero-order valence-electron chi connectivity index (χ0n) is 8.12. The summed E-state index contributed by atoms with van der Waals surface area (Å²) in [5, 5.41) is 7.50. The van der Waals surface area contributed by atoms with Crippen molar-refractivity contribution in [2.45, 2.75) is 19.5 Å². The summed E-state index contributed by atoms with van der Waals surface area (Å²) in [4.78, 5) is 10.9. The molecule has 1 unspecified atom stereocenters. The summed E-state index contributed by atoms with van der Waals surface area (Å²) in [6, 6.07) is -0.426. The van der Waals surface area contributed by atoms with E-state index in [1.54, 1.807) is 24.9 Å². The Kier molecular flexibility index (Phi) is 3.49. The average Bonchev–Trinajstić information content (AvgIpc) is 2.41. The van der Waals surface area contributed by atoms with E-state index < -0.39 is 11.9 Å². The van der Waals surface area contributed by atoms with Gasteiger partial charge in [0.05, 0.1) is 17.3 Å². The summed E-state index contributed by atoms with van der Waals surface area (Å²) in [7, 11) is 1.67. The lowest BCUT2D eigenvalue weighted by atomic mass is 10.3. The van der Waals surface area contributed by atoms with Gasteiger partial charge in [0, 0.05) is 6.20 Å². The van der Waals surface area contributed by atoms with Crippen molar-refractivity contribution in [2.24, 2.45) is 5.73 Å². The van der Waals surface area contributed by atoms with E-state index in [1.807, 2.05) is 0 Å². The first-order valence-electron chi connectivity index (χ1n) is 4.20. The number of nitrogens with two attached hydrogens (primary N) is 1. The maximum Gasteiger partial charge on any atom is 0.236 e. The molecule has 0 aliphatic carbocycles. The number of aryl methyl sites for hydroxylation is 1. The summed E-state index contributed by atoms with van der Waals surface area (Å²) in [5.41, 5.74) is 5.91. The first-order chi connectivity index (χ1) is 6.54. The normalized spacial score (nSPS) is 12.8. The molecule has 0 fully saturated rings. The number of carbonyl (C=O) groups excluding carboxylic acids is 1. The van der Waals surface area contributed by atoms with Crippen LogP contribution in [0.15, 0.2) is 6.20 Å². The number of nitrogens with zero attached hydrogens (tertiary/aromatic N) is 2. The number of rotatable bonds is 4. The molecular formula is C8H13ClN4O. The molecule has 6 heteroatoms. The molecule has 1 aromatic heterocycles. The molecule has 1 atom stereocenters. The van der Waals surface area contributed by atoms with Gasteiger partial charge in [0.2, 0.25) is 5.91 Å². The molecule has 0 aromatic carbocycles. The fraction of sp³-hybridized carbons (Fsp3) is 0.500. The molecule has 1 amide bonds. The van der Waals surface area contributed by atoms with Crippen molar-refractivity contribution in [3.8, 4) is 0 Å². The summed E-state index contributed by atoms with van der Waals surface area (Å²) in [6.07, 6.45) is 1.67. The number of primary amides is 1. The largest absolute Gasteiger partial charge is 0.368 e. The van der Waals surface area contributed by atoms with Crippen LogP contribution in [0.2, 0.25) is 5.02 Å². The second-order valence-electron chi connectivity index (χ2n) is 3.03. The van der Waals surface area contributed by atoms with Gasteiger partial charge in [-0.25, -0.2) is 0 Å². The Labute approximate surface area is 87.2 Å².